The van der Waals surface area contributed by atoms with Crippen LogP contribution >= 0.6 is 0 Å². The molecule has 0 saturated carbocycles. The summed E-state index contributed by atoms with van der Waals surface area (Å²) in [6.45, 7) is 0. The number of pyridine rings is 1. The molecule has 2 aliphatic heterocycles. The number of hydrogen-bond donors (Lipinski definition) is 1. The predicted molar refractivity (Wildman–Crippen MR) is 204 cm³/mol. The number of amidine groups is 2. The maximum atomic E-state index is 5.17. The Bertz CT molecular complexity index is 2510. The second kappa shape index (κ2) is 11.6. The molecule has 0 amide bonds. The van der Waals surface area contributed by atoms with Crippen molar-refractivity contribution in [1.29, 1.82) is 0 Å². The molecule has 0 spiro atoms. The summed E-state index contributed by atoms with van der Waals surface area (Å²) < 4.78 is 2.42. The maximum Gasteiger partial charge on any atom is 0.160 e. The van der Waals surface area contributed by atoms with Crippen LogP contribution < -0.4 is 10.2 Å². The summed E-state index contributed by atoms with van der Waals surface area (Å²) in [5, 5.41) is 6.02. The molecule has 50 heavy (non-hydrogen) atoms. The average Bonchev–Trinajstić information content (AvgIpc) is 3.72. The Labute approximate surface area is 290 Å². The first kappa shape index (κ1) is 28.5. The van der Waals surface area contributed by atoms with Gasteiger partial charge in [0.25, 0.3) is 0 Å². The molecule has 6 heteroatoms. The van der Waals surface area contributed by atoms with Gasteiger partial charge in [-0.05, 0) is 41.5 Å². The van der Waals surface area contributed by atoms with Crippen LogP contribution in [-0.4, -0.2) is 27.3 Å². The van der Waals surface area contributed by atoms with Gasteiger partial charge in [0.1, 0.15) is 17.8 Å². The fraction of sp³-hybridized carbons (Fsp3) is 0.0682. The van der Waals surface area contributed by atoms with Crippen molar-refractivity contribution in [2.75, 3.05) is 4.90 Å². The van der Waals surface area contributed by atoms with Crippen LogP contribution in [0, 0.1) is 0 Å². The molecule has 1 N–H and O–H groups in total. The lowest BCUT2D eigenvalue weighted by atomic mass is 9.91. The molecule has 3 unspecified atom stereocenters. The van der Waals surface area contributed by atoms with Gasteiger partial charge in [-0.2, -0.15) is 0 Å². The zero-order chi connectivity index (χ0) is 33.0. The van der Waals surface area contributed by atoms with E-state index in [1.54, 1.807) is 0 Å². The number of nitrogens with one attached hydrogen (secondary N) is 1. The topological polar surface area (TPSA) is 57.8 Å². The highest BCUT2D eigenvalue weighted by Gasteiger charge is 2.40. The van der Waals surface area contributed by atoms with E-state index in [1.807, 2.05) is 42.6 Å². The van der Waals surface area contributed by atoms with Gasteiger partial charge in [-0.15, -0.1) is 0 Å². The minimum atomic E-state index is -0.267. The Kier molecular flexibility index (Phi) is 6.59. The first-order chi connectivity index (χ1) is 24.8. The summed E-state index contributed by atoms with van der Waals surface area (Å²) in [5.41, 5.74) is 8.99. The summed E-state index contributed by atoms with van der Waals surface area (Å²) >= 11 is 0. The number of fused-ring (bicyclic) bond motifs is 7. The van der Waals surface area contributed by atoms with Crippen molar-refractivity contribution in [2.24, 2.45) is 9.98 Å². The van der Waals surface area contributed by atoms with E-state index in [0.717, 1.165) is 34.0 Å². The highest BCUT2D eigenvalue weighted by molar-refractivity contribution is 6.15. The van der Waals surface area contributed by atoms with E-state index >= 15 is 0 Å². The summed E-state index contributed by atoms with van der Waals surface area (Å²) in [6, 6.07) is 48.9. The number of allylic oxidation sites excluding steroid dienone is 2. The van der Waals surface area contributed by atoms with Crippen LogP contribution in [0.2, 0.25) is 0 Å². The van der Waals surface area contributed by atoms with E-state index in [2.05, 4.69) is 142 Å². The fourth-order valence-electron chi connectivity index (χ4n) is 7.76. The van der Waals surface area contributed by atoms with Crippen molar-refractivity contribution >= 4 is 45.0 Å². The molecule has 0 fully saturated rings. The number of benzene rings is 5. The Morgan fingerprint density at radius 1 is 0.620 bits per heavy atom. The van der Waals surface area contributed by atoms with E-state index in [0.29, 0.717) is 5.84 Å². The third kappa shape index (κ3) is 4.53. The second-order valence-electron chi connectivity index (χ2n) is 12.9. The average molecular weight is 645 g/mol. The van der Waals surface area contributed by atoms with Crippen LogP contribution in [0.15, 0.2) is 180 Å². The summed E-state index contributed by atoms with van der Waals surface area (Å²) in [6.07, 6.45) is 10.6. The number of aliphatic imine (C=N–C) groups is 2. The Morgan fingerprint density at radius 3 is 2.16 bits per heavy atom. The van der Waals surface area contributed by atoms with Gasteiger partial charge in [-0.25, -0.2) is 15.0 Å². The molecular weight excluding hydrogens is 613 g/mol. The van der Waals surface area contributed by atoms with E-state index < -0.39 is 0 Å². The van der Waals surface area contributed by atoms with E-state index in [-0.39, 0.29) is 18.1 Å². The molecular formula is C44H32N6. The van der Waals surface area contributed by atoms with Gasteiger partial charge >= 0.3 is 0 Å². The molecule has 5 aromatic carbocycles. The van der Waals surface area contributed by atoms with E-state index in [1.165, 1.54) is 33.1 Å². The lowest BCUT2D eigenvalue weighted by Crippen LogP contribution is -2.33. The molecule has 0 radical (unpaired) electrons. The monoisotopic (exact) mass is 644 g/mol. The Balaban J connectivity index is 1.13. The van der Waals surface area contributed by atoms with E-state index in [9.17, 15) is 0 Å². The van der Waals surface area contributed by atoms with Gasteiger partial charge in [0.2, 0.25) is 0 Å². The normalized spacial score (nSPS) is 19.2. The Morgan fingerprint density at radius 2 is 1.36 bits per heavy atom. The van der Waals surface area contributed by atoms with Gasteiger partial charge in [0, 0.05) is 39.7 Å². The molecule has 6 nitrogen and oxygen atoms in total. The van der Waals surface area contributed by atoms with Crippen molar-refractivity contribution in [3.8, 4) is 5.69 Å². The smallest absolute Gasteiger partial charge is 0.160 e. The Hall–Kier alpha value is -6.53. The number of para-hydroxylation sites is 2. The number of aromatic nitrogens is 2. The quantitative estimate of drug-likeness (QED) is 0.203. The second-order valence-corrected chi connectivity index (χ2v) is 12.9. The molecule has 7 aromatic rings. The van der Waals surface area contributed by atoms with E-state index in [4.69, 9.17) is 15.0 Å². The lowest BCUT2D eigenvalue weighted by Gasteiger charge is -2.28. The number of hydrogen-bond acceptors (Lipinski definition) is 5. The van der Waals surface area contributed by atoms with Crippen molar-refractivity contribution in [2.45, 2.75) is 18.1 Å². The number of rotatable bonds is 5. The summed E-state index contributed by atoms with van der Waals surface area (Å²) in [5.74, 6) is 2.55. The lowest BCUT2D eigenvalue weighted by molar-refractivity contribution is 0.674. The third-order valence-corrected chi connectivity index (χ3v) is 10.0. The van der Waals surface area contributed by atoms with Gasteiger partial charge in [-0.1, -0.05) is 133 Å². The number of nitrogens with zero attached hydrogens (tertiary/aromatic N) is 5. The molecule has 0 bridgehead atoms. The minimum Gasteiger partial charge on any atom is -0.344 e. The first-order valence-corrected chi connectivity index (χ1v) is 17.1. The van der Waals surface area contributed by atoms with Crippen molar-refractivity contribution in [3.63, 3.8) is 0 Å². The standard InChI is InChI=1S/C44H32N6/c1-4-14-29(15-5-1)42-46-43(30-16-6-2-7-17-30)48-44(47-42)31-24-27-39(45-28-31)50-38-23-13-11-21-34(38)36-26-25-35-33-20-10-12-22-37(33)49(40(35)41(36)50)32-18-8-3-9-19-32/h1-28,34,38,42H,(H,46,47,48). The minimum absolute atomic E-state index is 0.0996. The van der Waals surface area contributed by atoms with Gasteiger partial charge in [0.15, 0.2) is 5.84 Å². The molecule has 0 saturated heterocycles. The van der Waals surface area contributed by atoms with Crippen LogP contribution in [0.1, 0.15) is 34.3 Å². The first-order valence-electron chi connectivity index (χ1n) is 17.1. The predicted octanol–water partition coefficient (Wildman–Crippen LogP) is 9.40. The van der Waals surface area contributed by atoms with Crippen LogP contribution in [-0.2, 0) is 0 Å². The summed E-state index contributed by atoms with van der Waals surface area (Å²) in [7, 11) is 0. The van der Waals surface area contributed by atoms with Crippen LogP contribution in [0.25, 0.3) is 27.5 Å². The van der Waals surface area contributed by atoms with Gasteiger partial charge in [-0.3, -0.25) is 0 Å². The largest absolute Gasteiger partial charge is 0.344 e. The zero-order valence-electron chi connectivity index (χ0n) is 27.1. The molecule has 2 aromatic heterocycles. The molecule has 10 rings (SSSR count). The van der Waals surface area contributed by atoms with Crippen LogP contribution in [0.3, 0.4) is 0 Å². The highest BCUT2D eigenvalue weighted by atomic mass is 15.3. The SMILES string of the molecule is C1=CC2c3ccc4c5ccccc5n(-c5ccccc5)c4c3N(c3ccc(C4=NC(c5ccccc5)NC(c5ccccc5)=N4)cn3)C2C=C1. The van der Waals surface area contributed by atoms with Crippen molar-refractivity contribution in [3.05, 3.63) is 192 Å². The number of anilines is 2. The van der Waals surface area contributed by atoms with Crippen molar-refractivity contribution < 1.29 is 0 Å². The zero-order valence-corrected chi connectivity index (χ0v) is 27.1. The van der Waals surface area contributed by atoms with Gasteiger partial charge < -0.3 is 14.8 Å². The third-order valence-electron chi connectivity index (χ3n) is 10.0. The highest BCUT2D eigenvalue weighted by Crippen LogP contribution is 2.52. The summed E-state index contributed by atoms with van der Waals surface area (Å²) in [4.78, 5) is 17.7. The van der Waals surface area contributed by atoms with Crippen LogP contribution in [0.4, 0.5) is 11.5 Å². The van der Waals surface area contributed by atoms with Crippen LogP contribution in [0.5, 0.6) is 0 Å². The fourth-order valence-corrected chi connectivity index (χ4v) is 7.76. The van der Waals surface area contributed by atoms with Crippen molar-refractivity contribution in [1.82, 2.24) is 14.9 Å². The molecule has 4 heterocycles. The molecule has 238 valence electrons. The molecule has 3 atom stereocenters. The molecule has 1 aliphatic carbocycles. The molecule has 3 aliphatic rings. The maximum absolute atomic E-state index is 5.17. The van der Waals surface area contributed by atoms with Gasteiger partial charge in [0.05, 0.1) is 22.8 Å².